The second kappa shape index (κ2) is 9.69. The van der Waals surface area contributed by atoms with Gasteiger partial charge >= 0.3 is 5.97 Å². The molecular formula is C31H30N2O4. The molecule has 0 bridgehead atoms. The smallest absolute Gasteiger partial charge is 0.329 e. The molecule has 3 aromatic carbocycles. The largest absolute Gasteiger partial charge is 0.456 e. The first-order valence-electron chi connectivity index (χ1n) is 12.4. The molecule has 2 aliphatic heterocycles. The van der Waals surface area contributed by atoms with Gasteiger partial charge < -0.3 is 14.5 Å². The third-order valence-electron chi connectivity index (χ3n) is 7.40. The summed E-state index contributed by atoms with van der Waals surface area (Å²) in [5, 5.41) is 0. The van der Waals surface area contributed by atoms with Gasteiger partial charge in [0.1, 0.15) is 6.04 Å². The van der Waals surface area contributed by atoms with Crippen molar-refractivity contribution in [2.45, 2.75) is 38.3 Å². The second-order valence-corrected chi connectivity index (χ2v) is 10.1. The lowest BCUT2D eigenvalue weighted by Gasteiger charge is -2.35. The van der Waals surface area contributed by atoms with Crippen LogP contribution >= 0.6 is 0 Å². The second-order valence-electron chi connectivity index (χ2n) is 10.1. The zero-order valence-electron chi connectivity index (χ0n) is 21.3. The molecule has 0 saturated carbocycles. The maximum atomic E-state index is 13.3. The number of nitrogens with zero attached hydrogens (tertiary/aromatic N) is 2. The van der Waals surface area contributed by atoms with Crippen molar-refractivity contribution in [2.24, 2.45) is 0 Å². The number of rotatable bonds is 5. The number of hydrogen-bond acceptors (Lipinski definition) is 5. The van der Waals surface area contributed by atoms with Crippen LogP contribution in [0.4, 0.5) is 5.69 Å². The summed E-state index contributed by atoms with van der Waals surface area (Å²) in [4.78, 5) is 43.1. The Morgan fingerprint density at radius 1 is 0.919 bits per heavy atom. The molecule has 5 rings (SSSR count). The lowest BCUT2D eigenvalue weighted by atomic mass is 9.83. The number of ketones is 1. The minimum Gasteiger partial charge on any atom is -0.456 e. The fourth-order valence-electron chi connectivity index (χ4n) is 5.39. The molecule has 1 atom stereocenters. The minimum absolute atomic E-state index is 0.238. The third-order valence-corrected chi connectivity index (χ3v) is 7.40. The zero-order valence-corrected chi connectivity index (χ0v) is 21.3. The molecule has 37 heavy (non-hydrogen) atoms. The molecule has 0 radical (unpaired) electrons. The van der Waals surface area contributed by atoms with Crippen LogP contribution < -0.4 is 4.90 Å². The minimum atomic E-state index is -0.807. The number of fused-ring (bicyclic) bond motifs is 2. The molecule has 1 amide bonds. The summed E-state index contributed by atoms with van der Waals surface area (Å²) in [7, 11) is 1.94. The van der Waals surface area contributed by atoms with Gasteiger partial charge in [0.2, 0.25) is 0 Å². The van der Waals surface area contributed by atoms with E-state index < -0.39 is 12.0 Å². The Hall–Kier alpha value is -4.19. The summed E-state index contributed by atoms with van der Waals surface area (Å²) in [5.74, 6) is -1.11. The monoisotopic (exact) mass is 494 g/mol. The first kappa shape index (κ1) is 24.5. The van der Waals surface area contributed by atoms with Crippen LogP contribution in [0.15, 0.2) is 90.6 Å². The number of esters is 1. The topological polar surface area (TPSA) is 66.9 Å². The van der Waals surface area contributed by atoms with Gasteiger partial charge in [0, 0.05) is 48.5 Å². The maximum Gasteiger partial charge on any atom is 0.329 e. The lowest BCUT2D eigenvalue weighted by Crippen LogP contribution is -2.49. The standard InChI is InChI=1S/C31H30N2O4/c1-31(2)25-15-9-10-16-26(25)32(3)28(31)18-24(34)20-37-30(36)27-17-22-13-7-8-14-23(22)19-33(27)29(35)21-11-5-4-6-12-21/h4-16,18,27H,17,19-20H2,1-3H3/b28-18-/t27-/m0/s1. The number of ether oxygens (including phenoxy) is 1. The summed E-state index contributed by atoms with van der Waals surface area (Å²) in [6, 6.07) is 23.9. The third kappa shape index (κ3) is 4.55. The van der Waals surface area contributed by atoms with E-state index in [0.717, 1.165) is 28.1 Å². The Morgan fingerprint density at radius 2 is 1.57 bits per heavy atom. The van der Waals surface area contributed by atoms with Crippen LogP contribution in [-0.4, -0.2) is 42.3 Å². The predicted molar refractivity (Wildman–Crippen MR) is 142 cm³/mol. The molecule has 0 aromatic heterocycles. The summed E-state index contributed by atoms with van der Waals surface area (Å²) in [6.45, 7) is 4.08. The van der Waals surface area contributed by atoms with Gasteiger partial charge in [-0.3, -0.25) is 9.59 Å². The molecule has 6 nitrogen and oxygen atoms in total. The van der Waals surface area contributed by atoms with Crippen molar-refractivity contribution in [2.75, 3.05) is 18.6 Å². The fourth-order valence-corrected chi connectivity index (χ4v) is 5.39. The van der Waals surface area contributed by atoms with Crippen LogP contribution in [0, 0.1) is 0 Å². The average Bonchev–Trinajstić information content (AvgIpc) is 3.11. The number of likely N-dealkylation sites (N-methyl/N-ethyl adjacent to an activating group) is 1. The van der Waals surface area contributed by atoms with Gasteiger partial charge in [0.25, 0.3) is 5.91 Å². The maximum absolute atomic E-state index is 13.3. The van der Waals surface area contributed by atoms with Gasteiger partial charge in [0.05, 0.1) is 0 Å². The van der Waals surface area contributed by atoms with Crippen LogP contribution in [0.1, 0.15) is 40.9 Å². The summed E-state index contributed by atoms with van der Waals surface area (Å²) >= 11 is 0. The van der Waals surface area contributed by atoms with E-state index in [-0.39, 0.29) is 23.7 Å². The quantitative estimate of drug-likeness (QED) is 0.381. The van der Waals surface area contributed by atoms with Crippen molar-refractivity contribution in [3.05, 3.63) is 113 Å². The molecule has 6 heteroatoms. The van der Waals surface area contributed by atoms with E-state index in [9.17, 15) is 14.4 Å². The highest BCUT2D eigenvalue weighted by atomic mass is 16.5. The van der Waals surface area contributed by atoms with Crippen LogP contribution in [0.2, 0.25) is 0 Å². The SMILES string of the molecule is CN1/C(=C\C(=O)COC(=O)[C@@H]2Cc3ccccc3CN2C(=O)c2ccccc2)C(C)(C)c2ccccc21. The molecule has 0 spiro atoms. The van der Waals surface area contributed by atoms with Crippen molar-refractivity contribution in [3.8, 4) is 0 Å². The van der Waals surface area contributed by atoms with Crippen LogP contribution in [0.3, 0.4) is 0 Å². The number of hydrogen-bond donors (Lipinski definition) is 0. The molecule has 0 unspecified atom stereocenters. The Morgan fingerprint density at radius 3 is 2.30 bits per heavy atom. The number of allylic oxidation sites excluding steroid dienone is 1. The van der Waals surface area contributed by atoms with Gasteiger partial charge in [-0.2, -0.15) is 0 Å². The van der Waals surface area contributed by atoms with E-state index >= 15 is 0 Å². The molecule has 0 fully saturated rings. The number of benzene rings is 3. The van der Waals surface area contributed by atoms with Crippen molar-refractivity contribution in [3.63, 3.8) is 0 Å². The van der Waals surface area contributed by atoms with Crippen LogP contribution in [-0.2, 0) is 32.7 Å². The molecule has 2 aliphatic rings. The van der Waals surface area contributed by atoms with Gasteiger partial charge in [-0.05, 0) is 34.9 Å². The summed E-state index contributed by atoms with van der Waals surface area (Å²) < 4.78 is 5.52. The highest BCUT2D eigenvalue weighted by Crippen LogP contribution is 2.46. The predicted octanol–water partition coefficient (Wildman–Crippen LogP) is 4.68. The molecule has 0 saturated heterocycles. The molecule has 3 aromatic rings. The summed E-state index contributed by atoms with van der Waals surface area (Å²) in [6.07, 6.45) is 1.91. The van der Waals surface area contributed by atoms with Crippen molar-refractivity contribution >= 4 is 23.3 Å². The Kier molecular flexibility index (Phi) is 6.42. The van der Waals surface area contributed by atoms with E-state index in [1.165, 1.54) is 0 Å². The zero-order chi connectivity index (χ0) is 26.2. The number of anilines is 1. The first-order chi connectivity index (χ1) is 17.8. The van der Waals surface area contributed by atoms with Crippen LogP contribution in [0.5, 0.6) is 0 Å². The van der Waals surface area contributed by atoms with E-state index in [1.54, 1.807) is 35.2 Å². The van der Waals surface area contributed by atoms with Gasteiger partial charge in [-0.1, -0.05) is 74.5 Å². The van der Waals surface area contributed by atoms with Crippen molar-refractivity contribution in [1.82, 2.24) is 4.90 Å². The number of amides is 1. The lowest BCUT2D eigenvalue weighted by molar-refractivity contribution is -0.152. The number of carbonyl (C=O) groups excluding carboxylic acids is 3. The Bertz CT molecular complexity index is 1390. The Balaban J connectivity index is 1.33. The highest BCUT2D eigenvalue weighted by Gasteiger charge is 2.39. The molecule has 2 heterocycles. The van der Waals surface area contributed by atoms with Crippen molar-refractivity contribution in [1.29, 1.82) is 0 Å². The summed E-state index contributed by atoms with van der Waals surface area (Å²) in [5.41, 5.74) is 5.21. The van der Waals surface area contributed by atoms with Gasteiger partial charge in [-0.15, -0.1) is 0 Å². The first-order valence-corrected chi connectivity index (χ1v) is 12.4. The molecule has 0 aliphatic carbocycles. The van der Waals surface area contributed by atoms with E-state index in [1.807, 2.05) is 60.5 Å². The highest BCUT2D eigenvalue weighted by molar-refractivity contribution is 5.98. The van der Waals surface area contributed by atoms with Gasteiger partial charge in [-0.25, -0.2) is 4.79 Å². The van der Waals surface area contributed by atoms with Gasteiger partial charge in [0.15, 0.2) is 12.4 Å². The molecule has 0 N–H and O–H groups in total. The molecular weight excluding hydrogens is 464 g/mol. The van der Waals surface area contributed by atoms with E-state index in [2.05, 4.69) is 19.9 Å². The number of para-hydroxylation sites is 1. The van der Waals surface area contributed by atoms with E-state index in [0.29, 0.717) is 18.5 Å². The molecule has 188 valence electrons. The van der Waals surface area contributed by atoms with Crippen molar-refractivity contribution < 1.29 is 19.1 Å². The fraction of sp³-hybridized carbons (Fsp3) is 0.258. The Labute approximate surface area is 217 Å². The normalized spacial score (nSPS) is 18.8. The average molecular weight is 495 g/mol. The number of carbonyl (C=O) groups is 3. The van der Waals surface area contributed by atoms with E-state index in [4.69, 9.17) is 4.74 Å². The van der Waals surface area contributed by atoms with Crippen LogP contribution in [0.25, 0.3) is 0 Å².